The lowest BCUT2D eigenvalue weighted by molar-refractivity contribution is -0.138. The Balaban J connectivity index is 1.73. The van der Waals surface area contributed by atoms with E-state index in [1.807, 2.05) is 0 Å². The fourth-order valence-electron chi connectivity index (χ4n) is 3.61. The van der Waals surface area contributed by atoms with Crippen LogP contribution in [0.5, 0.6) is 11.5 Å². The maximum atomic E-state index is 13.6. The molecule has 0 unspecified atom stereocenters. The number of imidazole rings is 1. The number of aliphatic imine (C=N–C) groups is 1. The summed E-state index contributed by atoms with van der Waals surface area (Å²) in [6.45, 7) is 1.01. The van der Waals surface area contributed by atoms with Crippen molar-refractivity contribution in [2.24, 2.45) is 10.7 Å². The van der Waals surface area contributed by atoms with Crippen molar-refractivity contribution in [2.45, 2.75) is 18.8 Å². The average molecular weight is 403 g/mol. The summed E-state index contributed by atoms with van der Waals surface area (Å²) >= 11 is 0. The van der Waals surface area contributed by atoms with Gasteiger partial charge in [0.1, 0.15) is 0 Å². The predicted molar refractivity (Wildman–Crippen MR) is 100 cm³/mol. The van der Waals surface area contributed by atoms with Crippen LogP contribution < -0.4 is 20.5 Å². The van der Waals surface area contributed by atoms with E-state index in [4.69, 9.17) is 15.2 Å². The number of aromatic nitrogens is 2. The first-order valence-electron chi connectivity index (χ1n) is 9.00. The van der Waals surface area contributed by atoms with Gasteiger partial charge in [0, 0.05) is 24.1 Å². The monoisotopic (exact) mass is 403 g/mol. The molecule has 0 fully saturated rings. The van der Waals surface area contributed by atoms with Gasteiger partial charge in [0.05, 0.1) is 29.8 Å². The van der Waals surface area contributed by atoms with Crippen molar-refractivity contribution in [3.8, 4) is 11.5 Å². The molecule has 150 valence electrons. The van der Waals surface area contributed by atoms with Crippen molar-refractivity contribution in [3.63, 3.8) is 0 Å². The summed E-state index contributed by atoms with van der Waals surface area (Å²) in [5.74, 6) is 1.35. The first-order chi connectivity index (χ1) is 13.9. The fourth-order valence-corrected chi connectivity index (χ4v) is 3.61. The summed E-state index contributed by atoms with van der Waals surface area (Å²) in [6.07, 6.45) is -4.82. The van der Waals surface area contributed by atoms with Crippen molar-refractivity contribution in [1.82, 2.24) is 9.55 Å². The highest BCUT2D eigenvalue weighted by molar-refractivity contribution is 5.95. The van der Waals surface area contributed by atoms with E-state index in [2.05, 4.69) is 15.3 Å². The molecule has 3 heterocycles. The number of ether oxygens (including phenoxy) is 2. The molecule has 0 amide bonds. The number of halogens is 3. The topological polar surface area (TPSA) is 86.7 Å². The summed E-state index contributed by atoms with van der Waals surface area (Å²) in [4.78, 5) is 8.74. The second-order valence-electron chi connectivity index (χ2n) is 6.74. The Bertz CT molecular complexity index is 1140. The summed E-state index contributed by atoms with van der Waals surface area (Å²) in [5.41, 5.74) is 6.17. The number of benzene rings is 2. The molecular formula is C19H16F3N5O2. The van der Waals surface area contributed by atoms with Crippen LogP contribution in [0.15, 0.2) is 41.4 Å². The highest BCUT2D eigenvalue weighted by atomic mass is 19.4. The molecule has 2 aliphatic rings. The quantitative estimate of drug-likeness (QED) is 0.650. The maximum Gasteiger partial charge on any atom is 0.416 e. The molecule has 2 aliphatic heterocycles. The molecule has 0 radical (unpaired) electrons. The molecule has 0 bridgehead atoms. The summed E-state index contributed by atoms with van der Waals surface area (Å²) in [5, 5.41) is 2.83. The Labute approximate surface area is 162 Å². The number of hydrogen-bond donors (Lipinski definition) is 2. The van der Waals surface area contributed by atoms with Gasteiger partial charge in [-0.1, -0.05) is 18.2 Å². The van der Waals surface area contributed by atoms with Gasteiger partial charge in [-0.3, -0.25) is 9.88 Å². The Hall–Kier alpha value is -3.43. The molecule has 5 rings (SSSR count). The zero-order chi connectivity index (χ0) is 20.2. The van der Waals surface area contributed by atoms with Gasteiger partial charge in [0.15, 0.2) is 23.6 Å². The van der Waals surface area contributed by atoms with E-state index in [-0.39, 0.29) is 11.5 Å². The van der Waals surface area contributed by atoms with Crippen molar-refractivity contribution in [1.29, 1.82) is 0 Å². The molecule has 1 atom stereocenters. The van der Waals surface area contributed by atoms with Crippen LogP contribution in [0.25, 0.3) is 11.0 Å². The minimum absolute atomic E-state index is 0.0103. The predicted octanol–water partition coefficient (Wildman–Crippen LogP) is 3.50. The molecule has 10 heteroatoms. The summed E-state index contributed by atoms with van der Waals surface area (Å²) in [6, 6.07) is 8.75. The Morgan fingerprint density at radius 2 is 1.83 bits per heavy atom. The van der Waals surface area contributed by atoms with Crippen LogP contribution in [-0.2, 0) is 6.18 Å². The SMILES string of the molecule is NC1=N[C@H](c2ccccc2C(F)(F)F)n2c(nc3cc4c(cc32)OCCCO4)N1. The van der Waals surface area contributed by atoms with E-state index in [1.165, 1.54) is 12.1 Å². The smallest absolute Gasteiger partial charge is 0.416 e. The second-order valence-corrected chi connectivity index (χ2v) is 6.74. The number of guanidine groups is 1. The number of alkyl halides is 3. The Morgan fingerprint density at radius 1 is 1.10 bits per heavy atom. The van der Waals surface area contributed by atoms with Gasteiger partial charge in [0.2, 0.25) is 5.95 Å². The molecule has 1 aromatic heterocycles. The molecule has 0 aliphatic carbocycles. The van der Waals surface area contributed by atoms with E-state index >= 15 is 0 Å². The van der Waals surface area contributed by atoms with Crippen LogP contribution in [-0.4, -0.2) is 28.7 Å². The second kappa shape index (κ2) is 6.29. The maximum absolute atomic E-state index is 13.6. The van der Waals surface area contributed by atoms with Crippen molar-refractivity contribution >= 4 is 22.9 Å². The fraction of sp³-hybridized carbons (Fsp3) is 0.263. The van der Waals surface area contributed by atoms with E-state index in [1.54, 1.807) is 22.8 Å². The highest BCUT2D eigenvalue weighted by Gasteiger charge is 2.37. The Kier molecular flexibility index (Phi) is 3.83. The van der Waals surface area contributed by atoms with E-state index in [0.29, 0.717) is 41.7 Å². The lowest BCUT2D eigenvalue weighted by Crippen LogP contribution is -2.32. The third-order valence-corrected chi connectivity index (χ3v) is 4.85. The van der Waals surface area contributed by atoms with Gasteiger partial charge in [-0.2, -0.15) is 13.2 Å². The number of fused-ring (bicyclic) bond motifs is 4. The molecule has 3 aromatic rings. The van der Waals surface area contributed by atoms with Crippen LogP contribution in [0.2, 0.25) is 0 Å². The lowest BCUT2D eigenvalue weighted by Gasteiger charge is -2.26. The number of nitrogens with two attached hydrogens (primary N) is 1. The molecule has 29 heavy (non-hydrogen) atoms. The van der Waals surface area contributed by atoms with Gasteiger partial charge in [-0.25, -0.2) is 9.98 Å². The van der Waals surface area contributed by atoms with Gasteiger partial charge in [-0.05, 0) is 6.07 Å². The standard InChI is InChI=1S/C19H16F3N5O2/c20-19(21,22)11-5-2-1-4-10(11)16-25-17(23)26-18-24-12-8-14-15(9-13(12)27(16)18)29-7-3-6-28-14/h1-2,4-5,8-9,16H,3,6-7H2,(H3,23,24,25,26)/t16-/m0/s1. The molecule has 0 saturated carbocycles. The zero-order valence-electron chi connectivity index (χ0n) is 15.0. The number of nitrogens with zero attached hydrogens (tertiary/aromatic N) is 3. The van der Waals surface area contributed by atoms with Gasteiger partial charge >= 0.3 is 6.18 Å². The van der Waals surface area contributed by atoms with E-state index in [9.17, 15) is 13.2 Å². The number of nitrogens with one attached hydrogen (secondary N) is 1. The van der Waals surface area contributed by atoms with Gasteiger partial charge < -0.3 is 15.2 Å². The highest BCUT2D eigenvalue weighted by Crippen LogP contribution is 2.42. The molecule has 7 nitrogen and oxygen atoms in total. The van der Waals surface area contributed by atoms with Crippen LogP contribution in [0.4, 0.5) is 19.1 Å². The molecule has 0 saturated heterocycles. The number of anilines is 1. The normalized spacial score (nSPS) is 18.6. The van der Waals surface area contributed by atoms with Crippen molar-refractivity contribution in [2.75, 3.05) is 18.5 Å². The summed E-state index contributed by atoms with van der Waals surface area (Å²) in [7, 11) is 0. The van der Waals surface area contributed by atoms with Gasteiger partial charge in [0.25, 0.3) is 0 Å². The van der Waals surface area contributed by atoms with Crippen LogP contribution in [0.1, 0.15) is 23.7 Å². The van der Waals surface area contributed by atoms with Crippen molar-refractivity contribution < 1.29 is 22.6 Å². The minimum atomic E-state index is -4.53. The van der Waals surface area contributed by atoms with Crippen molar-refractivity contribution in [3.05, 3.63) is 47.5 Å². The van der Waals surface area contributed by atoms with Crippen LogP contribution in [0, 0.1) is 0 Å². The number of hydrogen-bond acceptors (Lipinski definition) is 6. The van der Waals surface area contributed by atoms with E-state index in [0.717, 1.165) is 12.5 Å². The van der Waals surface area contributed by atoms with E-state index < -0.39 is 17.9 Å². The zero-order valence-corrected chi connectivity index (χ0v) is 15.0. The lowest BCUT2D eigenvalue weighted by atomic mass is 10.0. The first-order valence-corrected chi connectivity index (χ1v) is 9.00. The summed E-state index contributed by atoms with van der Waals surface area (Å²) < 4.78 is 53.9. The average Bonchev–Trinajstić information content (AvgIpc) is 2.86. The third kappa shape index (κ3) is 2.91. The molecule has 2 aromatic carbocycles. The van der Waals surface area contributed by atoms with Crippen LogP contribution in [0.3, 0.4) is 0 Å². The largest absolute Gasteiger partial charge is 0.489 e. The van der Waals surface area contributed by atoms with Crippen LogP contribution >= 0.6 is 0 Å². The van der Waals surface area contributed by atoms with Gasteiger partial charge in [-0.15, -0.1) is 0 Å². The first kappa shape index (κ1) is 17.7. The minimum Gasteiger partial charge on any atom is -0.489 e. The number of rotatable bonds is 1. The Morgan fingerprint density at radius 3 is 2.59 bits per heavy atom. The molecular weight excluding hydrogens is 387 g/mol. The molecule has 3 N–H and O–H groups in total. The molecule has 0 spiro atoms. The third-order valence-electron chi connectivity index (χ3n) is 4.85.